The molecule has 0 unspecified atom stereocenters. The van der Waals surface area contributed by atoms with Crippen LogP contribution in [0, 0.1) is 6.92 Å². The molecule has 0 aliphatic rings. The summed E-state index contributed by atoms with van der Waals surface area (Å²) in [4.78, 5) is 10.7. The first-order valence-electron chi connectivity index (χ1n) is 5.28. The van der Waals surface area contributed by atoms with Gasteiger partial charge in [0.15, 0.2) is 5.76 Å². The van der Waals surface area contributed by atoms with Gasteiger partial charge in [-0.2, -0.15) is 0 Å². The van der Waals surface area contributed by atoms with Crippen molar-refractivity contribution in [1.82, 2.24) is 5.16 Å². The fourth-order valence-electron chi connectivity index (χ4n) is 1.58. The van der Waals surface area contributed by atoms with Crippen molar-refractivity contribution in [3.05, 3.63) is 35.5 Å². The smallest absolute Gasteiger partial charge is 0.409 e. The van der Waals surface area contributed by atoms with Gasteiger partial charge in [-0.3, -0.25) is 5.32 Å². The number of benzene rings is 1. The SMILES string of the molecule is Cc1noc(-c2ccc(CO)cc2)c1NC(=O)O. The molecule has 1 aromatic carbocycles. The van der Waals surface area contributed by atoms with E-state index in [-0.39, 0.29) is 6.61 Å². The molecule has 0 bridgehead atoms. The summed E-state index contributed by atoms with van der Waals surface area (Å²) in [5.74, 6) is 0.361. The second-order valence-corrected chi connectivity index (χ2v) is 3.76. The van der Waals surface area contributed by atoms with Crippen molar-refractivity contribution < 1.29 is 19.5 Å². The van der Waals surface area contributed by atoms with E-state index in [1.807, 2.05) is 0 Å². The van der Waals surface area contributed by atoms with Crippen LogP contribution in [0.15, 0.2) is 28.8 Å². The molecule has 0 atom stereocenters. The Labute approximate surface area is 103 Å². The van der Waals surface area contributed by atoms with Crippen molar-refractivity contribution in [1.29, 1.82) is 0 Å². The highest BCUT2D eigenvalue weighted by atomic mass is 16.5. The normalized spacial score (nSPS) is 10.3. The van der Waals surface area contributed by atoms with Crippen molar-refractivity contribution in [2.75, 3.05) is 5.32 Å². The van der Waals surface area contributed by atoms with Crippen molar-refractivity contribution in [2.24, 2.45) is 0 Å². The zero-order valence-electron chi connectivity index (χ0n) is 9.67. The zero-order valence-corrected chi connectivity index (χ0v) is 9.67. The van der Waals surface area contributed by atoms with Gasteiger partial charge in [-0.15, -0.1) is 0 Å². The number of rotatable bonds is 3. The Morgan fingerprint density at radius 1 is 1.39 bits per heavy atom. The van der Waals surface area contributed by atoms with E-state index >= 15 is 0 Å². The number of carboxylic acid groups (broad SMARTS) is 1. The second-order valence-electron chi connectivity index (χ2n) is 3.76. The largest absolute Gasteiger partial charge is 0.465 e. The number of aliphatic hydroxyl groups excluding tert-OH is 1. The van der Waals surface area contributed by atoms with Gasteiger partial charge in [-0.05, 0) is 12.5 Å². The molecule has 0 saturated carbocycles. The first-order chi connectivity index (χ1) is 8.61. The van der Waals surface area contributed by atoms with Crippen LogP contribution in [0.2, 0.25) is 0 Å². The summed E-state index contributed by atoms with van der Waals surface area (Å²) < 4.78 is 5.12. The maximum absolute atomic E-state index is 10.7. The van der Waals surface area contributed by atoms with E-state index in [2.05, 4.69) is 10.5 Å². The Kier molecular flexibility index (Phi) is 3.29. The lowest BCUT2D eigenvalue weighted by atomic mass is 10.1. The molecular weight excluding hydrogens is 236 g/mol. The summed E-state index contributed by atoms with van der Waals surface area (Å²) in [6.07, 6.45) is -1.17. The van der Waals surface area contributed by atoms with Crippen molar-refractivity contribution in [3.8, 4) is 11.3 Å². The number of anilines is 1. The Bertz CT molecular complexity index is 560. The third-order valence-corrected chi connectivity index (χ3v) is 2.49. The molecule has 0 fully saturated rings. The lowest BCUT2D eigenvalue weighted by molar-refractivity contribution is 0.209. The van der Waals surface area contributed by atoms with Gasteiger partial charge >= 0.3 is 6.09 Å². The molecule has 2 rings (SSSR count). The van der Waals surface area contributed by atoms with Crippen LogP contribution in [0.3, 0.4) is 0 Å². The maximum atomic E-state index is 10.7. The molecule has 0 aliphatic carbocycles. The van der Waals surface area contributed by atoms with Gasteiger partial charge in [0.2, 0.25) is 0 Å². The molecule has 94 valence electrons. The average Bonchev–Trinajstić information content (AvgIpc) is 2.71. The third-order valence-electron chi connectivity index (χ3n) is 2.49. The van der Waals surface area contributed by atoms with E-state index in [4.69, 9.17) is 14.7 Å². The Balaban J connectivity index is 2.40. The second kappa shape index (κ2) is 4.89. The number of hydrogen-bond donors (Lipinski definition) is 3. The highest BCUT2D eigenvalue weighted by Gasteiger charge is 2.16. The highest BCUT2D eigenvalue weighted by Crippen LogP contribution is 2.30. The van der Waals surface area contributed by atoms with Gasteiger partial charge in [0.1, 0.15) is 11.4 Å². The Morgan fingerprint density at radius 3 is 2.61 bits per heavy atom. The summed E-state index contributed by atoms with van der Waals surface area (Å²) in [6.45, 7) is 1.61. The summed E-state index contributed by atoms with van der Waals surface area (Å²) in [5, 5.41) is 23.7. The maximum Gasteiger partial charge on any atom is 0.409 e. The Morgan fingerprint density at radius 2 is 2.06 bits per heavy atom. The van der Waals surface area contributed by atoms with Gasteiger partial charge < -0.3 is 14.7 Å². The van der Waals surface area contributed by atoms with E-state index in [0.29, 0.717) is 22.7 Å². The van der Waals surface area contributed by atoms with Crippen LogP contribution in [0.5, 0.6) is 0 Å². The van der Waals surface area contributed by atoms with E-state index in [0.717, 1.165) is 5.56 Å². The molecule has 2 aromatic rings. The molecule has 1 heterocycles. The van der Waals surface area contributed by atoms with Crippen molar-refractivity contribution in [3.63, 3.8) is 0 Å². The van der Waals surface area contributed by atoms with E-state index in [1.54, 1.807) is 31.2 Å². The van der Waals surface area contributed by atoms with Crippen LogP contribution < -0.4 is 5.32 Å². The van der Waals surface area contributed by atoms with Crippen molar-refractivity contribution >= 4 is 11.8 Å². The Hall–Kier alpha value is -2.34. The van der Waals surface area contributed by atoms with Gasteiger partial charge in [-0.1, -0.05) is 29.4 Å². The lowest BCUT2D eigenvalue weighted by Gasteiger charge is -2.02. The van der Waals surface area contributed by atoms with Crippen LogP contribution in [0.25, 0.3) is 11.3 Å². The number of nitrogens with zero attached hydrogens (tertiary/aromatic N) is 1. The number of aromatic nitrogens is 1. The van der Waals surface area contributed by atoms with Crippen LogP contribution in [0.1, 0.15) is 11.3 Å². The van der Waals surface area contributed by atoms with E-state index < -0.39 is 6.09 Å². The number of aliphatic hydroxyl groups is 1. The van der Waals surface area contributed by atoms with Crippen LogP contribution in [0.4, 0.5) is 10.5 Å². The standard InChI is InChI=1S/C12H12N2O4/c1-7-10(13-12(16)17)11(18-14-7)9-4-2-8(6-15)3-5-9/h2-5,13,15H,6H2,1H3,(H,16,17). The summed E-state index contributed by atoms with van der Waals surface area (Å²) in [7, 11) is 0. The fourth-order valence-corrected chi connectivity index (χ4v) is 1.58. The van der Waals surface area contributed by atoms with E-state index in [1.165, 1.54) is 0 Å². The van der Waals surface area contributed by atoms with Gasteiger partial charge in [0, 0.05) is 5.56 Å². The predicted molar refractivity (Wildman–Crippen MR) is 64.2 cm³/mol. The third kappa shape index (κ3) is 2.33. The summed E-state index contributed by atoms with van der Waals surface area (Å²) >= 11 is 0. The number of carbonyl (C=O) groups is 1. The minimum Gasteiger partial charge on any atom is -0.465 e. The van der Waals surface area contributed by atoms with Gasteiger partial charge in [0.05, 0.1) is 6.61 Å². The fraction of sp³-hybridized carbons (Fsp3) is 0.167. The molecular formula is C12H12N2O4. The lowest BCUT2D eigenvalue weighted by Crippen LogP contribution is -2.08. The predicted octanol–water partition coefficient (Wildman–Crippen LogP) is 2.23. The van der Waals surface area contributed by atoms with Gasteiger partial charge in [-0.25, -0.2) is 4.79 Å². The molecule has 6 heteroatoms. The molecule has 3 N–H and O–H groups in total. The van der Waals surface area contributed by atoms with Crippen LogP contribution >= 0.6 is 0 Å². The van der Waals surface area contributed by atoms with Crippen LogP contribution in [-0.4, -0.2) is 21.5 Å². The molecule has 18 heavy (non-hydrogen) atoms. The number of amides is 1. The zero-order chi connectivity index (χ0) is 13.1. The molecule has 0 aliphatic heterocycles. The van der Waals surface area contributed by atoms with E-state index in [9.17, 15) is 4.79 Å². The summed E-state index contributed by atoms with van der Waals surface area (Å²) in [6, 6.07) is 6.94. The highest BCUT2D eigenvalue weighted by molar-refractivity contribution is 5.89. The minimum absolute atomic E-state index is 0.0457. The number of hydrogen-bond acceptors (Lipinski definition) is 4. The molecule has 0 saturated heterocycles. The molecule has 1 aromatic heterocycles. The van der Waals surface area contributed by atoms with Crippen LogP contribution in [-0.2, 0) is 6.61 Å². The van der Waals surface area contributed by atoms with Gasteiger partial charge in [0.25, 0.3) is 0 Å². The topological polar surface area (TPSA) is 95.6 Å². The number of aryl methyl sites for hydroxylation is 1. The molecule has 0 radical (unpaired) electrons. The quantitative estimate of drug-likeness (QED) is 0.774. The monoisotopic (exact) mass is 248 g/mol. The minimum atomic E-state index is -1.17. The summed E-state index contributed by atoms with van der Waals surface area (Å²) in [5.41, 5.74) is 2.26. The average molecular weight is 248 g/mol. The number of nitrogens with one attached hydrogen (secondary N) is 1. The van der Waals surface area contributed by atoms with Crippen molar-refractivity contribution in [2.45, 2.75) is 13.5 Å². The first-order valence-corrected chi connectivity index (χ1v) is 5.28. The molecule has 0 spiro atoms. The molecule has 1 amide bonds. The first kappa shape index (κ1) is 12.1. The molecule has 6 nitrogen and oxygen atoms in total.